The Morgan fingerprint density at radius 3 is 2.89 bits per heavy atom. The van der Waals surface area contributed by atoms with E-state index in [2.05, 4.69) is 5.32 Å². The van der Waals surface area contributed by atoms with Crippen molar-refractivity contribution < 1.29 is 14.3 Å². The Labute approximate surface area is 114 Å². The van der Waals surface area contributed by atoms with Crippen LogP contribution in [0.5, 0.6) is 0 Å². The standard InChI is InChI=1S/C14H24N2O3/c1-19-6-4-2-3-5-14(18)16-9-11-7-13(17)15-8-12(11)10-16/h11-12H,2-10H2,1H3,(H,15,17)/t11-,12+/m1/s1. The smallest absolute Gasteiger partial charge is 0.222 e. The van der Waals surface area contributed by atoms with Gasteiger partial charge in [0.1, 0.15) is 0 Å². The summed E-state index contributed by atoms with van der Waals surface area (Å²) >= 11 is 0. The Kier molecular flexibility index (Phi) is 5.19. The molecule has 5 nitrogen and oxygen atoms in total. The van der Waals surface area contributed by atoms with Gasteiger partial charge in [-0.2, -0.15) is 0 Å². The van der Waals surface area contributed by atoms with Crippen molar-refractivity contribution in [1.82, 2.24) is 10.2 Å². The highest BCUT2D eigenvalue weighted by Crippen LogP contribution is 2.29. The molecular weight excluding hydrogens is 244 g/mol. The van der Waals surface area contributed by atoms with Crippen LogP contribution in [0.25, 0.3) is 0 Å². The second kappa shape index (κ2) is 6.89. The number of nitrogens with zero attached hydrogens (tertiary/aromatic N) is 1. The lowest BCUT2D eigenvalue weighted by atomic mass is 9.89. The van der Waals surface area contributed by atoms with Crippen molar-refractivity contribution in [3.05, 3.63) is 0 Å². The number of hydrogen-bond donors (Lipinski definition) is 1. The largest absolute Gasteiger partial charge is 0.385 e. The van der Waals surface area contributed by atoms with Crippen molar-refractivity contribution in [2.24, 2.45) is 11.8 Å². The van der Waals surface area contributed by atoms with E-state index in [1.54, 1.807) is 7.11 Å². The molecule has 0 aliphatic carbocycles. The zero-order chi connectivity index (χ0) is 13.7. The Balaban J connectivity index is 1.68. The molecule has 0 aromatic carbocycles. The van der Waals surface area contributed by atoms with Crippen molar-refractivity contribution in [3.63, 3.8) is 0 Å². The summed E-state index contributed by atoms with van der Waals surface area (Å²) in [7, 11) is 1.70. The normalized spacial score (nSPS) is 26.2. The number of piperidine rings is 1. The highest BCUT2D eigenvalue weighted by atomic mass is 16.5. The third kappa shape index (κ3) is 3.93. The third-order valence-corrected chi connectivity index (χ3v) is 4.18. The van der Waals surface area contributed by atoms with Gasteiger partial charge >= 0.3 is 0 Å². The molecule has 2 aliphatic rings. The number of fused-ring (bicyclic) bond motifs is 1. The van der Waals surface area contributed by atoms with Crippen LogP contribution < -0.4 is 5.32 Å². The van der Waals surface area contributed by atoms with Gasteiger partial charge in [0.05, 0.1) is 0 Å². The third-order valence-electron chi connectivity index (χ3n) is 4.18. The maximum atomic E-state index is 12.1. The van der Waals surface area contributed by atoms with Crippen molar-refractivity contribution in [2.75, 3.05) is 33.4 Å². The minimum Gasteiger partial charge on any atom is -0.385 e. The molecule has 0 spiro atoms. The molecule has 0 aromatic rings. The van der Waals surface area contributed by atoms with Gasteiger partial charge in [0, 0.05) is 46.2 Å². The van der Waals surface area contributed by atoms with E-state index >= 15 is 0 Å². The van der Waals surface area contributed by atoms with Crippen molar-refractivity contribution >= 4 is 11.8 Å². The lowest BCUT2D eigenvalue weighted by molar-refractivity contribution is -0.130. The van der Waals surface area contributed by atoms with Gasteiger partial charge in [0.25, 0.3) is 0 Å². The number of carbonyl (C=O) groups is 2. The molecule has 1 N–H and O–H groups in total. The summed E-state index contributed by atoms with van der Waals surface area (Å²) < 4.78 is 4.99. The summed E-state index contributed by atoms with van der Waals surface area (Å²) in [6.45, 7) is 3.10. The predicted molar refractivity (Wildman–Crippen MR) is 71.5 cm³/mol. The molecule has 0 unspecified atom stereocenters. The number of likely N-dealkylation sites (tertiary alicyclic amines) is 1. The van der Waals surface area contributed by atoms with Crippen LogP contribution in [0.1, 0.15) is 32.1 Å². The molecule has 0 radical (unpaired) electrons. The van der Waals surface area contributed by atoms with Gasteiger partial charge in [-0.05, 0) is 24.7 Å². The topological polar surface area (TPSA) is 58.6 Å². The van der Waals surface area contributed by atoms with Crippen LogP contribution in [0.3, 0.4) is 0 Å². The average molecular weight is 268 g/mol. The lowest BCUT2D eigenvalue weighted by Crippen LogP contribution is -2.40. The van der Waals surface area contributed by atoms with Crippen LogP contribution in [-0.2, 0) is 14.3 Å². The summed E-state index contributed by atoms with van der Waals surface area (Å²) in [5.41, 5.74) is 0. The van der Waals surface area contributed by atoms with E-state index in [0.717, 1.165) is 45.5 Å². The second-order valence-corrected chi connectivity index (χ2v) is 5.63. The van der Waals surface area contributed by atoms with Gasteiger partial charge < -0.3 is 15.0 Å². The summed E-state index contributed by atoms with van der Waals surface area (Å²) in [4.78, 5) is 25.4. The van der Waals surface area contributed by atoms with Gasteiger partial charge in [0.2, 0.25) is 11.8 Å². The molecule has 5 heteroatoms. The second-order valence-electron chi connectivity index (χ2n) is 5.63. The molecule has 2 aliphatic heterocycles. The number of unbranched alkanes of at least 4 members (excludes halogenated alkanes) is 2. The average Bonchev–Trinajstić information content (AvgIpc) is 2.81. The molecule has 19 heavy (non-hydrogen) atoms. The summed E-state index contributed by atoms with van der Waals surface area (Å²) in [6, 6.07) is 0. The number of carbonyl (C=O) groups excluding carboxylic acids is 2. The fourth-order valence-corrected chi connectivity index (χ4v) is 3.02. The first kappa shape index (κ1) is 14.3. The molecule has 2 heterocycles. The van der Waals surface area contributed by atoms with Crippen LogP contribution in [0, 0.1) is 11.8 Å². The van der Waals surface area contributed by atoms with Crippen molar-refractivity contribution in [2.45, 2.75) is 32.1 Å². The van der Waals surface area contributed by atoms with Crippen LogP contribution in [0.2, 0.25) is 0 Å². The van der Waals surface area contributed by atoms with Crippen LogP contribution in [0.4, 0.5) is 0 Å². The zero-order valence-electron chi connectivity index (χ0n) is 11.7. The Hall–Kier alpha value is -1.10. The maximum Gasteiger partial charge on any atom is 0.222 e. The molecule has 2 fully saturated rings. The first-order valence-corrected chi connectivity index (χ1v) is 7.24. The first-order valence-electron chi connectivity index (χ1n) is 7.24. The monoisotopic (exact) mass is 268 g/mol. The van der Waals surface area contributed by atoms with Gasteiger partial charge in [-0.1, -0.05) is 6.42 Å². The van der Waals surface area contributed by atoms with E-state index in [9.17, 15) is 9.59 Å². The van der Waals surface area contributed by atoms with Crippen LogP contribution >= 0.6 is 0 Å². The summed E-state index contributed by atoms with van der Waals surface area (Å²) in [5.74, 6) is 1.23. The van der Waals surface area contributed by atoms with Gasteiger partial charge in [-0.3, -0.25) is 9.59 Å². The Bertz CT molecular complexity index is 333. The minimum absolute atomic E-state index is 0.134. The van der Waals surface area contributed by atoms with E-state index in [4.69, 9.17) is 4.74 Å². The number of hydrogen-bond acceptors (Lipinski definition) is 3. The summed E-state index contributed by atoms with van der Waals surface area (Å²) in [6.07, 6.45) is 4.21. The van der Waals surface area contributed by atoms with E-state index in [-0.39, 0.29) is 11.8 Å². The van der Waals surface area contributed by atoms with E-state index in [1.165, 1.54) is 0 Å². The van der Waals surface area contributed by atoms with Gasteiger partial charge in [-0.15, -0.1) is 0 Å². The van der Waals surface area contributed by atoms with E-state index < -0.39 is 0 Å². The molecule has 0 bridgehead atoms. The van der Waals surface area contributed by atoms with Crippen LogP contribution in [-0.4, -0.2) is 50.1 Å². The molecule has 108 valence electrons. The zero-order valence-corrected chi connectivity index (χ0v) is 11.7. The van der Waals surface area contributed by atoms with Gasteiger partial charge in [-0.25, -0.2) is 0 Å². The van der Waals surface area contributed by atoms with E-state index in [0.29, 0.717) is 24.7 Å². The Morgan fingerprint density at radius 1 is 1.32 bits per heavy atom. The molecule has 0 aromatic heterocycles. The lowest BCUT2D eigenvalue weighted by Gasteiger charge is -2.23. The predicted octanol–water partition coefficient (Wildman–Crippen LogP) is 0.788. The van der Waals surface area contributed by atoms with Gasteiger partial charge in [0.15, 0.2) is 0 Å². The number of methoxy groups -OCH3 is 1. The quantitative estimate of drug-likeness (QED) is 0.725. The molecule has 0 saturated carbocycles. The highest BCUT2D eigenvalue weighted by molar-refractivity contribution is 5.79. The maximum absolute atomic E-state index is 12.1. The molecule has 2 rings (SSSR count). The molecular formula is C14H24N2O3. The minimum atomic E-state index is 0.134. The van der Waals surface area contributed by atoms with Crippen molar-refractivity contribution in [1.29, 1.82) is 0 Å². The number of ether oxygens (including phenoxy) is 1. The van der Waals surface area contributed by atoms with Crippen molar-refractivity contribution in [3.8, 4) is 0 Å². The number of nitrogens with one attached hydrogen (secondary N) is 1. The Morgan fingerprint density at radius 2 is 2.11 bits per heavy atom. The fraction of sp³-hybridized carbons (Fsp3) is 0.857. The fourth-order valence-electron chi connectivity index (χ4n) is 3.02. The summed E-state index contributed by atoms with van der Waals surface area (Å²) in [5, 5.41) is 2.89. The molecule has 2 amide bonds. The van der Waals surface area contributed by atoms with Crippen LogP contribution in [0.15, 0.2) is 0 Å². The van der Waals surface area contributed by atoms with E-state index in [1.807, 2.05) is 4.90 Å². The first-order chi connectivity index (χ1) is 9.20. The SMILES string of the molecule is COCCCCCC(=O)N1C[C@H]2CC(=O)NC[C@H]2C1. The number of rotatable bonds is 6. The highest BCUT2D eigenvalue weighted by Gasteiger charge is 2.38. The molecule has 2 saturated heterocycles. The molecule has 2 atom stereocenters. The number of amides is 2.